The van der Waals surface area contributed by atoms with Crippen molar-refractivity contribution in [1.82, 2.24) is 9.78 Å². The molecule has 1 unspecified atom stereocenters. The van der Waals surface area contributed by atoms with Crippen LogP contribution >= 0.6 is 0 Å². The Hall–Kier alpha value is -1.77. The lowest BCUT2D eigenvalue weighted by molar-refractivity contribution is 0.565. The summed E-state index contributed by atoms with van der Waals surface area (Å²) in [6.45, 7) is 2.10. The summed E-state index contributed by atoms with van der Waals surface area (Å²) < 4.78 is 1.91. The molecule has 1 atom stereocenters. The fraction of sp³-hybridized carbons (Fsp3) is 0.182. The number of nitrogens with zero attached hydrogens (tertiary/aromatic N) is 2. The summed E-state index contributed by atoms with van der Waals surface area (Å²) in [7, 11) is 0. The summed E-state index contributed by atoms with van der Waals surface area (Å²) in [5.41, 5.74) is 7.69. The van der Waals surface area contributed by atoms with E-state index in [1.807, 2.05) is 35.1 Å². The second-order valence-corrected chi connectivity index (χ2v) is 3.33. The maximum absolute atomic E-state index is 5.72. The molecule has 0 fully saturated rings. The fourth-order valence-electron chi connectivity index (χ4n) is 1.48. The van der Waals surface area contributed by atoms with Crippen LogP contribution in [0.5, 0.6) is 0 Å². The molecule has 0 bridgehead atoms. The molecule has 3 heteroatoms. The van der Waals surface area contributed by atoms with Gasteiger partial charge in [-0.3, -0.25) is 4.68 Å². The average Bonchev–Trinajstić information content (AvgIpc) is 2.69. The van der Waals surface area contributed by atoms with Crippen molar-refractivity contribution in [3.63, 3.8) is 0 Å². The summed E-state index contributed by atoms with van der Waals surface area (Å²) in [6, 6.07) is 10.0. The molecule has 0 radical (unpaired) electrons. The van der Waals surface area contributed by atoms with E-state index in [1.54, 1.807) is 6.20 Å². The van der Waals surface area contributed by atoms with Crippen molar-refractivity contribution in [2.45, 2.75) is 13.0 Å². The third kappa shape index (κ3) is 1.62. The predicted octanol–water partition coefficient (Wildman–Crippen LogP) is 2.07. The Bertz CT molecular complexity index is 406. The standard InChI is InChI=1S/C11H13N3/c1-9(14-7-3-6-13-14)10-4-2-5-11(12)8-10/h2-9H,12H2,1H3. The van der Waals surface area contributed by atoms with Gasteiger partial charge in [-0.1, -0.05) is 12.1 Å². The first kappa shape index (κ1) is 8.81. The molecule has 0 spiro atoms. The smallest absolute Gasteiger partial charge is 0.0741 e. The maximum Gasteiger partial charge on any atom is 0.0741 e. The molecule has 0 amide bonds. The van der Waals surface area contributed by atoms with Crippen LogP contribution in [0.15, 0.2) is 42.7 Å². The Balaban J connectivity index is 2.32. The molecule has 2 N–H and O–H groups in total. The lowest BCUT2D eigenvalue weighted by Gasteiger charge is -2.12. The zero-order valence-electron chi connectivity index (χ0n) is 8.09. The van der Waals surface area contributed by atoms with Gasteiger partial charge in [-0.25, -0.2) is 0 Å². The molecule has 1 aromatic carbocycles. The van der Waals surface area contributed by atoms with Crippen LogP contribution in [0.3, 0.4) is 0 Å². The largest absolute Gasteiger partial charge is 0.399 e. The maximum atomic E-state index is 5.72. The number of anilines is 1. The van der Waals surface area contributed by atoms with Crippen LogP contribution in [0.2, 0.25) is 0 Å². The molecule has 1 aromatic heterocycles. The quantitative estimate of drug-likeness (QED) is 0.731. The monoisotopic (exact) mass is 187 g/mol. The van der Waals surface area contributed by atoms with E-state index in [0.717, 1.165) is 5.69 Å². The Morgan fingerprint density at radius 1 is 1.36 bits per heavy atom. The third-order valence-corrected chi connectivity index (χ3v) is 2.31. The molecular formula is C11H13N3. The highest BCUT2D eigenvalue weighted by Gasteiger charge is 2.06. The molecule has 2 aromatic rings. The van der Waals surface area contributed by atoms with Gasteiger partial charge in [0.25, 0.3) is 0 Å². The van der Waals surface area contributed by atoms with Crippen LogP contribution in [0.1, 0.15) is 18.5 Å². The van der Waals surface area contributed by atoms with Crippen molar-refractivity contribution in [3.8, 4) is 0 Å². The minimum absolute atomic E-state index is 0.230. The SMILES string of the molecule is CC(c1cccc(N)c1)n1cccn1. The number of benzene rings is 1. The van der Waals surface area contributed by atoms with E-state index in [-0.39, 0.29) is 6.04 Å². The van der Waals surface area contributed by atoms with E-state index in [1.165, 1.54) is 5.56 Å². The van der Waals surface area contributed by atoms with Gasteiger partial charge in [0.1, 0.15) is 0 Å². The lowest BCUT2D eigenvalue weighted by atomic mass is 10.1. The van der Waals surface area contributed by atoms with E-state index < -0.39 is 0 Å². The Morgan fingerprint density at radius 2 is 2.21 bits per heavy atom. The molecule has 3 nitrogen and oxygen atoms in total. The van der Waals surface area contributed by atoms with Crippen molar-refractivity contribution in [2.75, 3.05) is 5.73 Å². The van der Waals surface area contributed by atoms with Crippen molar-refractivity contribution in [1.29, 1.82) is 0 Å². The first-order valence-electron chi connectivity index (χ1n) is 4.62. The zero-order chi connectivity index (χ0) is 9.97. The van der Waals surface area contributed by atoms with Crippen LogP contribution in [0, 0.1) is 0 Å². The first-order chi connectivity index (χ1) is 6.77. The second kappa shape index (κ2) is 3.54. The number of hydrogen-bond donors (Lipinski definition) is 1. The topological polar surface area (TPSA) is 43.8 Å². The lowest BCUT2D eigenvalue weighted by Crippen LogP contribution is -2.07. The van der Waals surface area contributed by atoms with Gasteiger partial charge < -0.3 is 5.73 Å². The van der Waals surface area contributed by atoms with Gasteiger partial charge in [-0.05, 0) is 30.7 Å². The van der Waals surface area contributed by atoms with Gasteiger partial charge in [0.15, 0.2) is 0 Å². The summed E-state index contributed by atoms with van der Waals surface area (Å²) in [5.74, 6) is 0. The fourth-order valence-corrected chi connectivity index (χ4v) is 1.48. The molecule has 0 aliphatic carbocycles. The molecule has 14 heavy (non-hydrogen) atoms. The summed E-state index contributed by atoms with van der Waals surface area (Å²) in [6.07, 6.45) is 3.73. The predicted molar refractivity (Wildman–Crippen MR) is 56.9 cm³/mol. The van der Waals surface area contributed by atoms with Crippen molar-refractivity contribution >= 4 is 5.69 Å². The molecule has 0 saturated carbocycles. The molecule has 1 heterocycles. The average molecular weight is 187 g/mol. The Kier molecular flexibility index (Phi) is 2.23. The number of rotatable bonds is 2. The zero-order valence-corrected chi connectivity index (χ0v) is 8.09. The number of hydrogen-bond acceptors (Lipinski definition) is 2. The van der Waals surface area contributed by atoms with Crippen molar-refractivity contribution < 1.29 is 0 Å². The molecule has 2 rings (SSSR count). The minimum Gasteiger partial charge on any atom is -0.399 e. The van der Waals surface area contributed by atoms with Gasteiger partial charge >= 0.3 is 0 Å². The third-order valence-electron chi connectivity index (χ3n) is 2.31. The van der Waals surface area contributed by atoms with Gasteiger partial charge in [-0.2, -0.15) is 5.10 Å². The van der Waals surface area contributed by atoms with E-state index in [2.05, 4.69) is 18.1 Å². The Labute approximate surface area is 83.2 Å². The second-order valence-electron chi connectivity index (χ2n) is 3.33. The number of aromatic nitrogens is 2. The van der Waals surface area contributed by atoms with Gasteiger partial charge in [-0.15, -0.1) is 0 Å². The first-order valence-corrected chi connectivity index (χ1v) is 4.62. The van der Waals surface area contributed by atoms with Gasteiger partial charge in [0.05, 0.1) is 6.04 Å². The van der Waals surface area contributed by atoms with Crippen LogP contribution in [-0.2, 0) is 0 Å². The normalized spacial score (nSPS) is 12.6. The number of nitrogen functional groups attached to an aromatic ring is 1. The van der Waals surface area contributed by atoms with Crippen LogP contribution in [0.25, 0.3) is 0 Å². The van der Waals surface area contributed by atoms with Gasteiger partial charge in [0, 0.05) is 18.1 Å². The van der Waals surface area contributed by atoms with Crippen LogP contribution in [-0.4, -0.2) is 9.78 Å². The van der Waals surface area contributed by atoms with E-state index >= 15 is 0 Å². The molecule has 0 saturated heterocycles. The van der Waals surface area contributed by atoms with Crippen molar-refractivity contribution in [2.24, 2.45) is 0 Å². The highest BCUT2D eigenvalue weighted by atomic mass is 15.3. The summed E-state index contributed by atoms with van der Waals surface area (Å²) >= 11 is 0. The molecule has 0 aliphatic heterocycles. The van der Waals surface area contributed by atoms with E-state index in [9.17, 15) is 0 Å². The summed E-state index contributed by atoms with van der Waals surface area (Å²) in [5, 5.41) is 4.20. The minimum atomic E-state index is 0.230. The number of nitrogens with two attached hydrogens (primary N) is 1. The van der Waals surface area contributed by atoms with Crippen LogP contribution in [0.4, 0.5) is 5.69 Å². The Morgan fingerprint density at radius 3 is 2.86 bits per heavy atom. The molecule has 72 valence electrons. The molecular weight excluding hydrogens is 174 g/mol. The molecule has 0 aliphatic rings. The highest BCUT2D eigenvalue weighted by molar-refractivity contribution is 5.41. The van der Waals surface area contributed by atoms with E-state index in [4.69, 9.17) is 5.73 Å². The van der Waals surface area contributed by atoms with Gasteiger partial charge in [0.2, 0.25) is 0 Å². The highest BCUT2D eigenvalue weighted by Crippen LogP contribution is 2.18. The summed E-state index contributed by atoms with van der Waals surface area (Å²) in [4.78, 5) is 0. The van der Waals surface area contributed by atoms with Crippen LogP contribution < -0.4 is 5.73 Å². The van der Waals surface area contributed by atoms with Crippen molar-refractivity contribution in [3.05, 3.63) is 48.3 Å². The van der Waals surface area contributed by atoms with E-state index in [0.29, 0.717) is 0 Å².